The van der Waals surface area contributed by atoms with Gasteiger partial charge in [-0.1, -0.05) is 41.1 Å². The van der Waals surface area contributed by atoms with Gasteiger partial charge in [0.2, 0.25) is 0 Å². The lowest BCUT2D eigenvalue weighted by Gasteiger charge is -2.00. The zero-order chi connectivity index (χ0) is 13.7. The zero-order valence-corrected chi connectivity index (χ0v) is 10.6. The van der Waals surface area contributed by atoms with E-state index in [4.69, 9.17) is 10.4 Å². The molecule has 0 unspecified atom stereocenters. The Morgan fingerprint density at radius 1 is 1.32 bits per heavy atom. The molecule has 0 aliphatic heterocycles. The minimum absolute atomic E-state index is 0.0421. The van der Waals surface area contributed by atoms with Crippen molar-refractivity contribution < 1.29 is 5.11 Å². The Balaban J connectivity index is 2.29. The summed E-state index contributed by atoms with van der Waals surface area (Å²) in [5.74, 6) is 0. The van der Waals surface area contributed by atoms with E-state index in [0.717, 1.165) is 5.56 Å². The molecule has 1 heterocycles. The van der Waals surface area contributed by atoms with E-state index < -0.39 is 0 Å². The van der Waals surface area contributed by atoms with Crippen LogP contribution in [0, 0.1) is 18.3 Å². The first-order valence-electron chi connectivity index (χ1n) is 5.94. The van der Waals surface area contributed by atoms with Gasteiger partial charge in [0.25, 0.3) is 0 Å². The smallest absolute Gasteiger partial charge is 0.190 e. The van der Waals surface area contributed by atoms with Gasteiger partial charge in [-0.15, -0.1) is 5.10 Å². The highest BCUT2D eigenvalue weighted by molar-refractivity contribution is 5.70. The molecule has 19 heavy (non-hydrogen) atoms. The predicted molar refractivity (Wildman–Crippen MR) is 71.9 cm³/mol. The second kappa shape index (κ2) is 5.94. The lowest BCUT2D eigenvalue weighted by molar-refractivity contribution is 0.267. The summed E-state index contributed by atoms with van der Waals surface area (Å²) in [4.78, 5) is 0. The van der Waals surface area contributed by atoms with Crippen LogP contribution in [0.4, 0.5) is 0 Å². The average molecular weight is 254 g/mol. The van der Waals surface area contributed by atoms with Gasteiger partial charge in [0.1, 0.15) is 6.07 Å². The number of hydrogen-bond donors (Lipinski definition) is 1. The van der Waals surface area contributed by atoms with E-state index in [1.807, 2.05) is 43.3 Å². The van der Waals surface area contributed by atoms with Crippen LogP contribution in [0.1, 0.15) is 22.5 Å². The van der Waals surface area contributed by atoms with Gasteiger partial charge in [0.05, 0.1) is 18.8 Å². The topological polar surface area (TPSA) is 74.7 Å². The Kier molecular flexibility index (Phi) is 4.06. The van der Waals surface area contributed by atoms with Crippen LogP contribution in [0.2, 0.25) is 0 Å². The summed E-state index contributed by atoms with van der Waals surface area (Å²) in [6.07, 6.45) is 3.69. The molecule has 5 heteroatoms. The number of hydrogen-bond acceptors (Lipinski definition) is 4. The summed E-state index contributed by atoms with van der Waals surface area (Å²) in [5.41, 5.74) is 3.10. The van der Waals surface area contributed by atoms with E-state index in [9.17, 15) is 0 Å². The number of nitrogens with zero attached hydrogens (tertiary/aromatic N) is 4. The number of aromatic nitrogens is 3. The van der Waals surface area contributed by atoms with Crippen molar-refractivity contribution in [3.63, 3.8) is 0 Å². The van der Waals surface area contributed by atoms with Gasteiger partial charge < -0.3 is 5.11 Å². The molecule has 0 bridgehead atoms. The molecule has 5 nitrogen and oxygen atoms in total. The normalized spacial score (nSPS) is 10.8. The molecule has 1 N–H and O–H groups in total. The second-order valence-electron chi connectivity index (χ2n) is 4.13. The predicted octanol–water partition coefficient (Wildman–Crippen LogP) is 1.62. The summed E-state index contributed by atoms with van der Waals surface area (Å²) in [6, 6.07) is 10.0. The largest absolute Gasteiger partial charge is 0.394 e. The Morgan fingerprint density at radius 2 is 2.05 bits per heavy atom. The molecule has 0 spiro atoms. The summed E-state index contributed by atoms with van der Waals surface area (Å²) in [6.45, 7) is 2.31. The van der Waals surface area contributed by atoms with E-state index in [2.05, 4.69) is 10.3 Å². The Labute approximate surface area is 111 Å². The van der Waals surface area contributed by atoms with Crippen LogP contribution in [0.3, 0.4) is 0 Å². The third kappa shape index (κ3) is 3.06. The first-order valence-corrected chi connectivity index (χ1v) is 5.94. The standard InChI is InChI=1S/C14H14N4O/c1-11-2-4-12(5-3-11)6-7-14-13(10-15)16-17-18(14)8-9-19/h2-7,19H,8-9H2,1H3/b7-6+. The van der Waals surface area contributed by atoms with Crippen LogP contribution in [0.25, 0.3) is 12.2 Å². The highest BCUT2D eigenvalue weighted by Crippen LogP contribution is 2.11. The quantitative estimate of drug-likeness (QED) is 0.899. The number of benzene rings is 1. The summed E-state index contributed by atoms with van der Waals surface area (Å²) < 4.78 is 1.52. The Morgan fingerprint density at radius 3 is 2.68 bits per heavy atom. The number of aryl methyl sites for hydroxylation is 1. The third-order valence-corrected chi connectivity index (χ3v) is 2.70. The molecule has 1 aromatic carbocycles. The van der Waals surface area contributed by atoms with Crippen molar-refractivity contribution in [2.75, 3.05) is 6.61 Å². The zero-order valence-electron chi connectivity index (χ0n) is 10.6. The molecule has 96 valence electrons. The molecule has 0 saturated heterocycles. The molecule has 0 saturated carbocycles. The molecule has 0 aliphatic rings. The Bertz CT molecular complexity index is 620. The third-order valence-electron chi connectivity index (χ3n) is 2.70. The van der Waals surface area contributed by atoms with Crippen LogP contribution < -0.4 is 0 Å². The van der Waals surface area contributed by atoms with Crippen LogP contribution in [-0.2, 0) is 6.54 Å². The van der Waals surface area contributed by atoms with Crippen molar-refractivity contribution in [1.29, 1.82) is 5.26 Å². The van der Waals surface area contributed by atoms with E-state index >= 15 is 0 Å². The molecule has 1 aromatic heterocycles. The average Bonchev–Trinajstić information content (AvgIpc) is 2.81. The van der Waals surface area contributed by atoms with E-state index in [-0.39, 0.29) is 12.3 Å². The highest BCUT2D eigenvalue weighted by atomic mass is 16.3. The molecule has 2 aromatic rings. The number of aliphatic hydroxyl groups excluding tert-OH is 1. The van der Waals surface area contributed by atoms with Crippen LogP contribution in [0.5, 0.6) is 0 Å². The first kappa shape index (κ1) is 13.0. The van der Waals surface area contributed by atoms with Crippen LogP contribution in [-0.4, -0.2) is 26.7 Å². The van der Waals surface area contributed by atoms with Crippen molar-refractivity contribution in [3.8, 4) is 6.07 Å². The van der Waals surface area contributed by atoms with Crippen molar-refractivity contribution >= 4 is 12.2 Å². The summed E-state index contributed by atoms with van der Waals surface area (Å²) in [7, 11) is 0. The minimum Gasteiger partial charge on any atom is -0.394 e. The molecule has 2 rings (SSSR count). The van der Waals surface area contributed by atoms with Gasteiger partial charge in [-0.25, -0.2) is 4.68 Å². The van der Waals surface area contributed by atoms with Crippen molar-refractivity contribution in [2.45, 2.75) is 13.5 Å². The van der Waals surface area contributed by atoms with Gasteiger partial charge in [0, 0.05) is 0 Å². The fourth-order valence-corrected chi connectivity index (χ4v) is 1.68. The first-order chi connectivity index (χ1) is 9.24. The maximum atomic E-state index is 8.97. The molecule has 0 fully saturated rings. The number of aliphatic hydroxyl groups is 1. The lowest BCUT2D eigenvalue weighted by Crippen LogP contribution is -2.06. The number of rotatable bonds is 4. The maximum Gasteiger partial charge on any atom is 0.190 e. The molecule has 0 amide bonds. The van der Waals surface area contributed by atoms with E-state index in [1.165, 1.54) is 10.2 Å². The van der Waals surface area contributed by atoms with Crippen molar-refractivity contribution in [2.24, 2.45) is 0 Å². The van der Waals surface area contributed by atoms with E-state index in [1.54, 1.807) is 6.08 Å². The van der Waals surface area contributed by atoms with Gasteiger partial charge in [-0.3, -0.25) is 0 Å². The van der Waals surface area contributed by atoms with Gasteiger partial charge in [-0.2, -0.15) is 5.26 Å². The highest BCUT2D eigenvalue weighted by Gasteiger charge is 2.08. The summed E-state index contributed by atoms with van der Waals surface area (Å²) in [5, 5.41) is 25.5. The van der Waals surface area contributed by atoms with E-state index in [0.29, 0.717) is 12.2 Å². The monoisotopic (exact) mass is 254 g/mol. The maximum absolute atomic E-state index is 8.97. The van der Waals surface area contributed by atoms with Crippen LogP contribution >= 0.6 is 0 Å². The molecule has 0 atom stereocenters. The molecule has 0 radical (unpaired) electrons. The molecule has 0 aliphatic carbocycles. The number of nitriles is 1. The lowest BCUT2D eigenvalue weighted by atomic mass is 10.1. The van der Waals surface area contributed by atoms with Gasteiger partial charge in [-0.05, 0) is 18.6 Å². The summed E-state index contributed by atoms with van der Waals surface area (Å²) >= 11 is 0. The molecular formula is C14H14N4O. The van der Waals surface area contributed by atoms with Crippen LogP contribution in [0.15, 0.2) is 24.3 Å². The molecular weight excluding hydrogens is 240 g/mol. The van der Waals surface area contributed by atoms with Gasteiger partial charge >= 0.3 is 0 Å². The fourth-order valence-electron chi connectivity index (χ4n) is 1.68. The fraction of sp³-hybridized carbons (Fsp3) is 0.214. The minimum atomic E-state index is -0.0421. The second-order valence-corrected chi connectivity index (χ2v) is 4.13. The SMILES string of the molecule is Cc1ccc(/C=C/c2c(C#N)nnn2CCO)cc1. The van der Waals surface area contributed by atoms with Crippen molar-refractivity contribution in [3.05, 3.63) is 46.8 Å². The van der Waals surface area contributed by atoms with Gasteiger partial charge in [0.15, 0.2) is 5.69 Å². The Hall–Kier alpha value is -2.45. The van der Waals surface area contributed by atoms with Crippen molar-refractivity contribution in [1.82, 2.24) is 15.0 Å².